The van der Waals surface area contributed by atoms with Crippen LogP contribution in [0.3, 0.4) is 0 Å². The van der Waals surface area contributed by atoms with Gasteiger partial charge in [-0.3, -0.25) is 4.90 Å². The first-order valence-electron chi connectivity index (χ1n) is 6.35. The monoisotopic (exact) mass is 263 g/mol. The molecule has 4 heteroatoms. The topological polar surface area (TPSA) is 31.1 Å². The van der Waals surface area contributed by atoms with Gasteiger partial charge in [0.2, 0.25) is 0 Å². The fraction of sp³-hybridized carbons (Fsp3) is 0.429. The van der Waals surface area contributed by atoms with Crippen LogP contribution >= 0.6 is 11.6 Å². The van der Waals surface area contributed by atoms with Gasteiger partial charge in [0.05, 0.1) is 5.52 Å². The average molecular weight is 264 g/mol. The van der Waals surface area contributed by atoms with Crippen molar-refractivity contribution in [2.24, 2.45) is 0 Å². The van der Waals surface area contributed by atoms with Gasteiger partial charge in [0.1, 0.15) is 0 Å². The molecule has 0 aliphatic carbocycles. The number of hydrogen-bond acceptors (Lipinski definition) is 2. The molecule has 2 aromatic rings. The van der Waals surface area contributed by atoms with Gasteiger partial charge >= 0.3 is 0 Å². The van der Waals surface area contributed by atoms with Crippen LogP contribution in [0.25, 0.3) is 10.9 Å². The SMILES string of the molecule is Cc1c(Cl)ccc2c(C3CNCCN3C)c[nH]c12. The maximum Gasteiger partial charge on any atom is 0.0502 e. The molecule has 0 spiro atoms. The van der Waals surface area contributed by atoms with E-state index in [-0.39, 0.29) is 0 Å². The van der Waals surface area contributed by atoms with Crippen LogP contribution < -0.4 is 5.32 Å². The van der Waals surface area contributed by atoms with Gasteiger partial charge in [0.15, 0.2) is 0 Å². The van der Waals surface area contributed by atoms with E-state index in [4.69, 9.17) is 11.6 Å². The lowest BCUT2D eigenvalue weighted by atomic mass is 10.0. The molecule has 1 unspecified atom stereocenters. The molecule has 1 aliphatic rings. The molecule has 0 saturated carbocycles. The highest BCUT2D eigenvalue weighted by Crippen LogP contribution is 2.32. The smallest absolute Gasteiger partial charge is 0.0502 e. The molecular formula is C14H18ClN3. The predicted octanol–water partition coefficient (Wildman–Crippen LogP) is 2.71. The van der Waals surface area contributed by atoms with Crippen LogP contribution in [0.1, 0.15) is 17.2 Å². The molecule has 96 valence electrons. The predicted molar refractivity (Wildman–Crippen MR) is 76.3 cm³/mol. The highest BCUT2D eigenvalue weighted by molar-refractivity contribution is 6.32. The third-order valence-electron chi connectivity index (χ3n) is 3.95. The van der Waals surface area contributed by atoms with Crippen molar-refractivity contribution < 1.29 is 0 Å². The van der Waals surface area contributed by atoms with Gasteiger partial charge in [-0.15, -0.1) is 0 Å². The molecule has 1 fully saturated rings. The summed E-state index contributed by atoms with van der Waals surface area (Å²) in [6, 6.07) is 4.55. The summed E-state index contributed by atoms with van der Waals surface area (Å²) < 4.78 is 0. The van der Waals surface area contributed by atoms with Crippen LogP contribution in [0.4, 0.5) is 0 Å². The molecule has 1 saturated heterocycles. The van der Waals surface area contributed by atoms with E-state index in [1.807, 2.05) is 6.07 Å². The lowest BCUT2D eigenvalue weighted by Gasteiger charge is -2.33. The number of hydrogen-bond donors (Lipinski definition) is 2. The number of nitrogens with zero attached hydrogens (tertiary/aromatic N) is 1. The number of H-pyrrole nitrogens is 1. The van der Waals surface area contributed by atoms with E-state index < -0.39 is 0 Å². The summed E-state index contributed by atoms with van der Waals surface area (Å²) in [6.07, 6.45) is 2.13. The van der Waals surface area contributed by atoms with Crippen molar-refractivity contribution in [3.8, 4) is 0 Å². The Balaban J connectivity index is 2.10. The summed E-state index contributed by atoms with van der Waals surface area (Å²) in [6.45, 7) is 5.23. The van der Waals surface area contributed by atoms with Crippen molar-refractivity contribution in [3.63, 3.8) is 0 Å². The number of benzene rings is 1. The minimum atomic E-state index is 0.438. The Morgan fingerprint density at radius 3 is 3.00 bits per heavy atom. The molecule has 2 heterocycles. The van der Waals surface area contributed by atoms with Crippen LogP contribution in [0.2, 0.25) is 5.02 Å². The zero-order chi connectivity index (χ0) is 12.7. The summed E-state index contributed by atoms with van der Waals surface area (Å²) in [5.41, 5.74) is 3.66. The van der Waals surface area contributed by atoms with E-state index in [2.05, 4.69) is 41.4 Å². The van der Waals surface area contributed by atoms with Crippen LogP contribution in [0.15, 0.2) is 18.3 Å². The van der Waals surface area contributed by atoms with Crippen molar-refractivity contribution in [1.29, 1.82) is 0 Å². The Morgan fingerprint density at radius 2 is 2.22 bits per heavy atom. The Morgan fingerprint density at radius 1 is 1.39 bits per heavy atom. The molecule has 1 aromatic carbocycles. The number of likely N-dealkylation sites (N-methyl/N-ethyl adjacent to an activating group) is 1. The van der Waals surface area contributed by atoms with Crippen molar-refractivity contribution in [3.05, 3.63) is 34.5 Å². The molecule has 0 bridgehead atoms. The lowest BCUT2D eigenvalue weighted by molar-refractivity contribution is 0.203. The number of nitrogens with one attached hydrogen (secondary N) is 2. The summed E-state index contributed by atoms with van der Waals surface area (Å²) >= 11 is 6.17. The van der Waals surface area contributed by atoms with Gasteiger partial charge in [0.25, 0.3) is 0 Å². The number of aromatic nitrogens is 1. The molecule has 1 aromatic heterocycles. The van der Waals surface area contributed by atoms with Gasteiger partial charge < -0.3 is 10.3 Å². The van der Waals surface area contributed by atoms with Crippen LogP contribution in [0, 0.1) is 6.92 Å². The highest BCUT2D eigenvalue weighted by Gasteiger charge is 2.23. The molecule has 1 aliphatic heterocycles. The Hall–Kier alpha value is -1.03. The van der Waals surface area contributed by atoms with Crippen LogP contribution in [-0.2, 0) is 0 Å². The number of aryl methyl sites for hydroxylation is 1. The maximum absolute atomic E-state index is 6.17. The first kappa shape index (κ1) is 12.0. The fourth-order valence-corrected chi connectivity index (χ4v) is 2.93. The average Bonchev–Trinajstić information content (AvgIpc) is 2.79. The van der Waals surface area contributed by atoms with Gasteiger partial charge in [-0.1, -0.05) is 17.7 Å². The second-order valence-electron chi connectivity index (χ2n) is 5.04. The third kappa shape index (κ3) is 1.83. The number of aromatic amines is 1. The van der Waals surface area contributed by atoms with E-state index in [1.54, 1.807) is 0 Å². The first-order valence-corrected chi connectivity index (χ1v) is 6.73. The van der Waals surface area contributed by atoms with E-state index in [0.717, 1.165) is 35.7 Å². The third-order valence-corrected chi connectivity index (χ3v) is 4.36. The summed E-state index contributed by atoms with van der Waals surface area (Å²) in [7, 11) is 2.19. The van der Waals surface area contributed by atoms with Gasteiger partial charge in [-0.2, -0.15) is 0 Å². The minimum absolute atomic E-state index is 0.438. The Labute approximate surface area is 112 Å². The van der Waals surface area contributed by atoms with Gasteiger partial charge in [-0.25, -0.2) is 0 Å². The molecule has 2 N–H and O–H groups in total. The van der Waals surface area contributed by atoms with E-state index in [0.29, 0.717) is 6.04 Å². The molecule has 3 rings (SSSR count). The largest absolute Gasteiger partial charge is 0.361 e. The fourth-order valence-electron chi connectivity index (χ4n) is 2.77. The maximum atomic E-state index is 6.17. The molecule has 0 amide bonds. The Kier molecular flexibility index (Phi) is 3.06. The number of halogens is 1. The molecule has 0 radical (unpaired) electrons. The number of fused-ring (bicyclic) bond motifs is 1. The lowest BCUT2D eigenvalue weighted by Crippen LogP contribution is -2.43. The van der Waals surface area contributed by atoms with E-state index >= 15 is 0 Å². The van der Waals surface area contributed by atoms with Crippen LogP contribution in [0.5, 0.6) is 0 Å². The van der Waals surface area contributed by atoms with Crippen molar-refractivity contribution >= 4 is 22.5 Å². The second-order valence-corrected chi connectivity index (χ2v) is 5.45. The summed E-state index contributed by atoms with van der Waals surface area (Å²) in [5.74, 6) is 0. The highest BCUT2D eigenvalue weighted by atomic mass is 35.5. The van der Waals surface area contributed by atoms with E-state index in [9.17, 15) is 0 Å². The van der Waals surface area contributed by atoms with Gasteiger partial charge in [0, 0.05) is 42.3 Å². The second kappa shape index (κ2) is 4.57. The quantitative estimate of drug-likeness (QED) is 0.829. The summed E-state index contributed by atoms with van der Waals surface area (Å²) in [5, 5.41) is 5.58. The zero-order valence-corrected chi connectivity index (χ0v) is 11.5. The zero-order valence-electron chi connectivity index (χ0n) is 10.8. The number of piperazine rings is 1. The van der Waals surface area contributed by atoms with Crippen molar-refractivity contribution in [1.82, 2.24) is 15.2 Å². The van der Waals surface area contributed by atoms with Crippen LogP contribution in [-0.4, -0.2) is 36.6 Å². The number of rotatable bonds is 1. The van der Waals surface area contributed by atoms with E-state index in [1.165, 1.54) is 10.9 Å². The normalized spacial score (nSPS) is 21.6. The van der Waals surface area contributed by atoms with Gasteiger partial charge in [-0.05, 0) is 31.2 Å². The Bertz CT molecular complexity index is 576. The van der Waals surface area contributed by atoms with Crippen molar-refractivity contribution in [2.75, 3.05) is 26.7 Å². The first-order chi connectivity index (χ1) is 8.68. The molecule has 18 heavy (non-hydrogen) atoms. The molecular weight excluding hydrogens is 246 g/mol. The summed E-state index contributed by atoms with van der Waals surface area (Å²) in [4.78, 5) is 5.78. The minimum Gasteiger partial charge on any atom is -0.361 e. The molecule has 1 atom stereocenters. The standard InChI is InChI=1S/C14H18ClN3/c1-9-12(15)4-3-10-11(7-17-14(9)10)13-8-16-5-6-18(13)2/h3-4,7,13,16-17H,5-6,8H2,1-2H3. The van der Waals surface area contributed by atoms with Crippen molar-refractivity contribution in [2.45, 2.75) is 13.0 Å². The molecule has 3 nitrogen and oxygen atoms in total.